The second-order valence-corrected chi connectivity index (χ2v) is 8.18. The predicted molar refractivity (Wildman–Crippen MR) is 79.1 cm³/mol. The normalized spacial score (nSPS) is 31.8. The minimum Gasteiger partial charge on any atom is -0.468 e. The van der Waals surface area contributed by atoms with Crippen LogP contribution >= 0.6 is 11.8 Å². The number of hydrogen-bond donors (Lipinski definition) is 0. The Kier molecular flexibility index (Phi) is 3.56. The summed E-state index contributed by atoms with van der Waals surface area (Å²) in [6.07, 6.45) is 5.69. The Bertz CT molecular complexity index is 618. The van der Waals surface area contributed by atoms with Gasteiger partial charge in [-0.15, -0.1) is 0 Å². The van der Waals surface area contributed by atoms with Crippen LogP contribution in [0.1, 0.15) is 12.2 Å². The summed E-state index contributed by atoms with van der Waals surface area (Å²) in [7, 11) is -3.28. The van der Waals surface area contributed by atoms with E-state index in [0.29, 0.717) is 6.42 Å². The first kappa shape index (κ1) is 14.0. The molecular formula is C14H16O4S2. The maximum atomic E-state index is 11.9. The topological polar surface area (TPSA) is 56.5 Å². The van der Waals surface area contributed by atoms with Crippen molar-refractivity contribution in [1.82, 2.24) is 0 Å². The molecule has 6 heteroatoms. The van der Waals surface area contributed by atoms with Gasteiger partial charge in [-0.25, -0.2) is 8.42 Å². The summed E-state index contributed by atoms with van der Waals surface area (Å²) in [4.78, 5) is 0. The van der Waals surface area contributed by atoms with Crippen LogP contribution in [0.5, 0.6) is 0 Å². The molecule has 2 bridgehead atoms. The van der Waals surface area contributed by atoms with E-state index in [2.05, 4.69) is 6.58 Å². The minimum atomic E-state index is -3.28. The summed E-state index contributed by atoms with van der Waals surface area (Å²) >= 11 is 1.69. The molecule has 0 amide bonds. The molecule has 1 aromatic rings. The average Bonchev–Trinajstić information content (AvgIpc) is 3.13. The third-order valence-electron chi connectivity index (χ3n) is 3.70. The van der Waals surface area contributed by atoms with E-state index in [1.165, 1.54) is 0 Å². The van der Waals surface area contributed by atoms with Crippen molar-refractivity contribution >= 4 is 21.6 Å². The highest BCUT2D eigenvalue weighted by Crippen LogP contribution is 2.44. The van der Waals surface area contributed by atoms with Crippen molar-refractivity contribution in [3.8, 4) is 0 Å². The van der Waals surface area contributed by atoms with E-state index in [0.717, 1.165) is 22.7 Å². The van der Waals surface area contributed by atoms with Gasteiger partial charge >= 0.3 is 0 Å². The molecule has 0 radical (unpaired) electrons. The number of ether oxygens (including phenoxy) is 1. The lowest BCUT2D eigenvalue weighted by atomic mass is 9.96. The number of hydrogen-bond acceptors (Lipinski definition) is 5. The van der Waals surface area contributed by atoms with Crippen molar-refractivity contribution in [2.45, 2.75) is 29.1 Å². The molecule has 20 heavy (non-hydrogen) atoms. The SMILES string of the molecule is C=CS(=O)(=O)[C@H]1CC2(CSCc3ccco3)C=CC1O2. The van der Waals surface area contributed by atoms with Gasteiger partial charge in [-0.3, -0.25) is 0 Å². The van der Waals surface area contributed by atoms with E-state index in [-0.39, 0.29) is 6.10 Å². The van der Waals surface area contributed by atoms with Gasteiger partial charge in [-0.2, -0.15) is 11.8 Å². The maximum absolute atomic E-state index is 11.9. The average molecular weight is 312 g/mol. The molecule has 1 aromatic heterocycles. The molecule has 2 unspecified atom stereocenters. The van der Waals surface area contributed by atoms with Crippen LogP contribution < -0.4 is 0 Å². The number of thioether (sulfide) groups is 1. The lowest BCUT2D eigenvalue weighted by Crippen LogP contribution is -2.31. The highest BCUT2D eigenvalue weighted by atomic mass is 32.2. The van der Waals surface area contributed by atoms with Gasteiger partial charge in [0.2, 0.25) is 0 Å². The van der Waals surface area contributed by atoms with Crippen molar-refractivity contribution in [2.24, 2.45) is 0 Å². The van der Waals surface area contributed by atoms with Gasteiger partial charge in [0, 0.05) is 17.6 Å². The molecule has 2 aliphatic heterocycles. The molecule has 3 heterocycles. The van der Waals surface area contributed by atoms with Crippen LogP contribution in [0.3, 0.4) is 0 Å². The molecule has 3 atom stereocenters. The van der Waals surface area contributed by atoms with Gasteiger partial charge < -0.3 is 9.15 Å². The first-order valence-electron chi connectivity index (χ1n) is 6.38. The van der Waals surface area contributed by atoms with Gasteiger partial charge in [0.25, 0.3) is 0 Å². The molecule has 0 spiro atoms. The van der Waals surface area contributed by atoms with E-state index in [1.54, 1.807) is 18.0 Å². The molecule has 0 aliphatic carbocycles. The molecule has 0 saturated carbocycles. The smallest absolute Gasteiger partial charge is 0.176 e. The summed E-state index contributed by atoms with van der Waals surface area (Å²) in [5, 5.41) is 0.549. The lowest BCUT2D eigenvalue weighted by molar-refractivity contribution is 0.0505. The Morgan fingerprint density at radius 1 is 1.55 bits per heavy atom. The fourth-order valence-electron chi connectivity index (χ4n) is 2.68. The number of rotatable bonds is 6. The Morgan fingerprint density at radius 2 is 2.40 bits per heavy atom. The lowest BCUT2D eigenvalue weighted by Gasteiger charge is -2.22. The summed E-state index contributed by atoms with van der Waals surface area (Å²) in [5.41, 5.74) is -0.456. The van der Waals surface area contributed by atoms with Crippen molar-refractivity contribution in [3.63, 3.8) is 0 Å². The molecule has 3 rings (SSSR count). The quantitative estimate of drug-likeness (QED) is 0.756. The fraction of sp³-hybridized carbons (Fsp3) is 0.429. The Labute approximate surface area is 122 Å². The van der Waals surface area contributed by atoms with Gasteiger partial charge in [0.1, 0.15) is 5.76 Å². The number of furan rings is 1. The zero-order valence-electron chi connectivity index (χ0n) is 10.9. The van der Waals surface area contributed by atoms with Crippen LogP contribution in [0.2, 0.25) is 0 Å². The molecule has 4 nitrogen and oxygen atoms in total. The van der Waals surface area contributed by atoms with Crippen LogP contribution in [0.25, 0.3) is 0 Å². The summed E-state index contributed by atoms with van der Waals surface area (Å²) in [6.45, 7) is 3.39. The van der Waals surface area contributed by atoms with Crippen LogP contribution in [-0.2, 0) is 20.3 Å². The second-order valence-electron chi connectivity index (χ2n) is 5.08. The van der Waals surface area contributed by atoms with E-state index >= 15 is 0 Å². The second kappa shape index (κ2) is 5.09. The van der Waals surface area contributed by atoms with Crippen LogP contribution in [-0.4, -0.2) is 31.1 Å². The zero-order chi connectivity index (χ0) is 14.2. The molecular weight excluding hydrogens is 296 g/mol. The standard InChI is InChI=1S/C14H16O4S2/c1-2-20(15,16)13-8-14(6-5-12(13)18-14)10-19-9-11-4-3-7-17-11/h2-7,12-13H,1,8-10H2/t12?,13-,14?/m0/s1. The Morgan fingerprint density at radius 3 is 3.10 bits per heavy atom. The highest BCUT2D eigenvalue weighted by molar-refractivity contribution is 7.98. The molecule has 1 saturated heterocycles. The molecule has 2 aliphatic rings. The van der Waals surface area contributed by atoms with E-state index < -0.39 is 20.7 Å². The monoisotopic (exact) mass is 312 g/mol. The fourth-order valence-corrected chi connectivity index (χ4v) is 5.06. The maximum Gasteiger partial charge on any atom is 0.176 e. The first-order chi connectivity index (χ1) is 9.55. The number of sulfone groups is 1. The molecule has 108 valence electrons. The largest absolute Gasteiger partial charge is 0.468 e. The third kappa shape index (κ3) is 2.47. The van der Waals surface area contributed by atoms with Crippen LogP contribution in [0, 0.1) is 0 Å². The van der Waals surface area contributed by atoms with Gasteiger partial charge in [-0.05, 0) is 12.1 Å². The van der Waals surface area contributed by atoms with Crippen molar-refractivity contribution in [1.29, 1.82) is 0 Å². The molecule has 1 fully saturated rings. The molecule has 0 N–H and O–H groups in total. The van der Waals surface area contributed by atoms with Crippen LogP contribution in [0.15, 0.2) is 47.0 Å². The summed E-state index contributed by atoms with van der Waals surface area (Å²) < 4.78 is 35.1. The Balaban J connectivity index is 1.63. The van der Waals surface area contributed by atoms with Gasteiger partial charge in [0.15, 0.2) is 9.84 Å². The van der Waals surface area contributed by atoms with Crippen molar-refractivity contribution in [3.05, 3.63) is 48.3 Å². The molecule has 0 aromatic carbocycles. The van der Waals surface area contributed by atoms with Crippen molar-refractivity contribution in [2.75, 3.05) is 5.75 Å². The zero-order valence-corrected chi connectivity index (χ0v) is 12.5. The van der Waals surface area contributed by atoms with E-state index in [4.69, 9.17) is 9.15 Å². The van der Waals surface area contributed by atoms with E-state index in [9.17, 15) is 8.42 Å². The van der Waals surface area contributed by atoms with Crippen molar-refractivity contribution < 1.29 is 17.6 Å². The minimum absolute atomic E-state index is 0.331. The van der Waals surface area contributed by atoms with Gasteiger partial charge in [0.05, 0.1) is 29.0 Å². The number of fused-ring (bicyclic) bond motifs is 2. The van der Waals surface area contributed by atoms with E-state index in [1.807, 2.05) is 24.3 Å². The van der Waals surface area contributed by atoms with Crippen LogP contribution in [0.4, 0.5) is 0 Å². The highest BCUT2D eigenvalue weighted by Gasteiger charge is 2.52. The first-order valence-corrected chi connectivity index (χ1v) is 9.15. The summed E-state index contributed by atoms with van der Waals surface area (Å²) in [5.74, 6) is 2.40. The third-order valence-corrected chi connectivity index (χ3v) is 6.62. The predicted octanol–water partition coefficient (Wildman–Crippen LogP) is 2.54. The summed E-state index contributed by atoms with van der Waals surface area (Å²) in [6, 6.07) is 3.79. The van der Waals surface area contributed by atoms with Gasteiger partial charge in [-0.1, -0.05) is 18.7 Å². The Hall–Kier alpha value is -0.980.